The Hall–Kier alpha value is -1.52. The minimum atomic E-state index is -1.38. The molecule has 1 heterocycles. The van der Waals surface area contributed by atoms with Crippen LogP contribution in [0.15, 0.2) is 46.2 Å². The Labute approximate surface area is 120 Å². The van der Waals surface area contributed by atoms with Gasteiger partial charge in [-0.15, -0.1) is 0 Å². The highest BCUT2D eigenvalue weighted by atomic mass is 32.2. The third-order valence-corrected chi connectivity index (χ3v) is 4.97. The second-order valence-corrected chi connectivity index (χ2v) is 6.14. The van der Waals surface area contributed by atoms with E-state index in [1.165, 1.54) is 6.07 Å². The molecule has 0 fully saturated rings. The van der Waals surface area contributed by atoms with Gasteiger partial charge in [-0.2, -0.15) is 0 Å². The van der Waals surface area contributed by atoms with Gasteiger partial charge in [-0.25, -0.2) is 4.39 Å². The molecule has 0 saturated carbocycles. The minimum absolute atomic E-state index is 0.313. The summed E-state index contributed by atoms with van der Waals surface area (Å²) in [7, 11) is 0. The quantitative estimate of drug-likeness (QED) is 0.808. The number of hydrogen-bond acceptors (Lipinski definition) is 2. The van der Waals surface area contributed by atoms with Gasteiger partial charge in [0, 0.05) is 23.2 Å². The van der Waals surface area contributed by atoms with Crippen LogP contribution in [0.5, 0.6) is 5.75 Å². The Morgan fingerprint density at radius 3 is 2.85 bits per heavy atom. The van der Waals surface area contributed by atoms with E-state index < -0.39 is 11.2 Å². The summed E-state index contributed by atoms with van der Waals surface area (Å²) in [5, 5.41) is 0. The van der Waals surface area contributed by atoms with Crippen molar-refractivity contribution in [2.45, 2.75) is 29.6 Å². The molecule has 104 valence electrons. The van der Waals surface area contributed by atoms with Crippen LogP contribution in [-0.4, -0.2) is 11.2 Å². The second-order valence-electron chi connectivity index (χ2n) is 4.75. The van der Waals surface area contributed by atoms with Crippen LogP contribution in [0.2, 0.25) is 0 Å². The number of benzene rings is 2. The summed E-state index contributed by atoms with van der Waals surface area (Å²) in [5.74, 6) is 0.225. The molecular formula is C16H15FO2S. The zero-order chi connectivity index (χ0) is 14.1. The van der Waals surface area contributed by atoms with Crippen LogP contribution in [0.25, 0.3) is 0 Å². The molecule has 1 aliphatic rings. The third kappa shape index (κ3) is 2.19. The lowest BCUT2D eigenvalue weighted by Gasteiger charge is -2.23. The molecule has 0 aromatic heterocycles. The summed E-state index contributed by atoms with van der Waals surface area (Å²) in [6.07, 6.45) is 1.32. The maximum atomic E-state index is 14.1. The monoisotopic (exact) mass is 290 g/mol. The van der Waals surface area contributed by atoms with Gasteiger partial charge in [0.05, 0.1) is 12.2 Å². The number of halogens is 1. The van der Waals surface area contributed by atoms with Gasteiger partial charge in [-0.05, 0) is 24.6 Å². The van der Waals surface area contributed by atoms with Crippen molar-refractivity contribution >= 4 is 11.2 Å². The van der Waals surface area contributed by atoms with E-state index in [2.05, 4.69) is 0 Å². The van der Waals surface area contributed by atoms with E-state index in [0.717, 1.165) is 16.9 Å². The highest BCUT2D eigenvalue weighted by molar-refractivity contribution is 7.91. The SMILES string of the molecule is CCCOc1ccc(F)c2c1[S+]([O-])c1ccccc1C2. The molecule has 0 radical (unpaired) electrons. The van der Waals surface area contributed by atoms with Crippen LogP contribution in [0.3, 0.4) is 0 Å². The molecule has 0 aliphatic carbocycles. The first kappa shape index (κ1) is 13.5. The molecule has 2 nitrogen and oxygen atoms in total. The standard InChI is InChI=1S/C16H15FO2S/c1-2-9-19-14-8-7-13(17)12-10-11-5-3-4-6-15(11)20(18)16(12)14/h3-8H,2,9-10H2,1H3. The van der Waals surface area contributed by atoms with E-state index in [-0.39, 0.29) is 5.82 Å². The summed E-state index contributed by atoms with van der Waals surface area (Å²) in [4.78, 5) is 1.25. The van der Waals surface area contributed by atoms with Crippen LogP contribution < -0.4 is 4.74 Å². The van der Waals surface area contributed by atoms with E-state index in [1.54, 1.807) is 6.07 Å². The number of rotatable bonds is 3. The predicted molar refractivity (Wildman–Crippen MR) is 76.1 cm³/mol. The first-order valence-electron chi connectivity index (χ1n) is 6.66. The molecule has 3 rings (SSSR count). The highest BCUT2D eigenvalue weighted by Crippen LogP contribution is 2.40. The zero-order valence-electron chi connectivity index (χ0n) is 11.2. The molecule has 4 heteroatoms. The van der Waals surface area contributed by atoms with E-state index in [0.29, 0.717) is 29.2 Å². The van der Waals surface area contributed by atoms with Crippen LogP contribution in [0.4, 0.5) is 4.39 Å². The number of hydrogen-bond donors (Lipinski definition) is 0. The zero-order valence-corrected chi connectivity index (χ0v) is 12.0. The van der Waals surface area contributed by atoms with E-state index in [9.17, 15) is 8.94 Å². The fourth-order valence-corrected chi connectivity index (χ4v) is 3.91. The average molecular weight is 290 g/mol. The molecule has 0 N–H and O–H groups in total. The maximum absolute atomic E-state index is 14.1. The van der Waals surface area contributed by atoms with Crippen molar-refractivity contribution in [3.05, 3.63) is 53.3 Å². The molecule has 0 amide bonds. The van der Waals surface area contributed by atoms with Crippen molar-refractivity contribution in [2.24, 2.45) is 0 Å². The van der Waals surface area contributed by atoms with Gasteiger partial charge >= 0.3 is 0 Å². The lowest BCUT2D eigenvalue weighted by Crippen LogP contribution is -2.17. The summed E-state index contributed by atoms with van der Waals surface area (Å²) in [6, 6.07) is 10.5. The highest BCUT2D eigenvalue weighted by Gasteiger charge is 2.33. The van der Waals surface area contributed by atoms with E-state index >= 15 is 0 Å². The Balaban J connectivity index is 2.11. The van der Waals surface area contributed by atoms with Gasteiger partial charge in [0.15, 0.2) is 10.6 Å². The third-order valence-electron chi connectivity index (χ3n) is 3.35. The van der Waals surface area contributed by atoms with Gasteiger partial charge in [-0.1, -0.05) is 25.1 Å². The minimum Gasteiger partial charge on any atom is -0.606 e. The summed E-state index contributed by atoms with van der Waals surface area (Å²) in [6.45, 7) is 2.54. The molecule has 1 unspecified atom stereocenters. The predicted octanol–water partition coefficient (Wildman–Crippen LogP) is 3.69. The molecule has 2 aromatic carbocycles. The molecule has 0 saturated heterocycles. The summed E-state index contributed by atoms with van der Waals surface area (Å²) < 4.78 is 32.4. The molecule has 0 spiro atoms. The largest absolute Gasteiger partial charge is 0.606 e. The first-order chi connectivity index (χ1) is 9.72. The normalized spacial score (nSPS) is 16.4. The second kappa shape index (κ2) is 5.46. The van der Waals surface area contributed by atoms with E-state index in [1.807, 2.05) is 31.2 Å². The van der Waals surface area contributed by atoms with Crippen LogP contribution in [0, 0.1) is 5.82 Å². The van der Waals surface area contributed by atoms with Crippen LogP contribution in [-0.2, 0) is 17.6 Å². The number of fused-ring (bicyclic) bond motifs is 2. The van der Waals surface area contributed by atoms with Gasteiger partial charge in [0.1, 0.15) is 5.82 Å². The molecule has 1 atom stereocenters. The molecular weight excluding hydrogens is 275 g/mol. The summed E-state index contributed by atoms with van der Waals surface area (Å²) >= 11 is -1.38. The van der Waals surface area contributed by atoms with Crippen molar-refractivity contribution in [1.29, 1.82) is 0 Å². The van der Waals surface area contributed by atoms with Gasteiger partial charge < -0.3 is 9.29 Å². The Bertz CT molecular complexity index is 642. The van der Waals surface area contributed by atoms with Gasteiger partial charge in [0.25, 0.3) is 0 Å². The maximum Gasteiger partial charge on any atom is 0.206 e. The first-order valence-corrected chi connectivity index (χ1v) is 7.81. The van der Waals surface area contributed by atoms with Gasteiger partial charge in [-0.3, -0.25) is 0 Å². The lowest BCUT2D eigenvalue weighted by molar-refractivity contribution is 0.307. The van der Waals surface area contributed by atoms with Crippen molar-refractivity contribution in [3.8, 4) is 5.75 Å². The summed E-state index contributed by atoms with van der Waals surface area (Å²) in [5.41, 5.74) is 1.42. The Morgan fingerprint density at radius 1 is 1.25 bits per heavy atom. The average Bonchev–Trinajstić information content (AvgIpc) is 2.47. The van der Waals surface area contributed by atoms with Crippen LogP contribution in [0.1, 0.15) is 24.5 Å². The molecule has 0 bridgehead atoms. The molecule has 20 heavy (non-hydrogen) atoms. The van der Waals surface area contributed by atoms with Gasteiger partial charge in [0.2, 0.25) is 4.90 Å². The molecule has 2 aromatic rings. The number of ether oxygens (including phenoxy) is 1. The topological polar surface area (TPSA) is 32.3 Å². The van der Waals surface area contributed by atoms with Crippen molar-refractivity contribution in [2.75, 3.05) is 6.61 Å². The Morgan fingerprint density at radius 2 is 2.05 bits per heavy atom. The van der Waals surface area contributed by atoms with Crippen molar-refractivity contribution < 1.29 is 13.7 Å². The molecule has 1 aliphatic heterocycles. The van der Waals surface area contributed by atoms with Crippen LogP contribution >= 0.6 is 0 Å². The Kier molecular flexibility index (Phi) is 3.68. The van der Waals surface area contributed by atoms with Crippen molar-refractivity contribution in [1.82, 2.24) is 0 Å². The fourth-order valence-electron chi connectivity index (χ4n) is 2.41. The fraction of sp³-hybridized carbons (Fsp3) is 0.250. The van der Waals surface area contributed by atoms with Crippen molar-refractivity contribution in [3.63, 3.8) is 0 Å². The smallest absolute Gasteiger partial charge is 0.206 e. The van der Waals surface area contributed by atoms with E-state index in [4.69, 9.17) is 4.74 Å². The lowest BCUT2D eigenvalue weighted by atomic mass is 10.0.